The first-order chi connectivity index (χ1) is 9.00. The summed E-state index contributed by atoms with van der Waals surface area (Å²) in [5, 5.41) is 13.4. The van der Waals surface area contributed by atoms with Crippen LogP contribution < -0.4 is 5.32 Å². The van der Waals surface area contributed by atoms with Gasteiger partial charge in [0.1, 0.15) is 5.58 Å². The average molecular weight is 261 g/mol. The van der Waals surface area contributed by atoms with Gasteiger partial charge in [-0.2, -0.15) is 0 Å². The van der Waals surface area contributed by atoms with E-state index in [0.717, 1.165) is 16.5 Å². The van der Waals surface area contributed by atoms with E-state index >= 15 is 0 Å². The number of hydrogen-bond donors (Lipinski definition) is 2. The number of aliphatic carboxylic acids is 1. The van der Waals surface area contributed by atoms with Crippen LogP contribution in [0.1, 0.15) is 25.8 Å². The van der Waals surface area contributed by atoms with Crippen molar-refractivity contribution in [2.75, 3.05) is 6.54 Å². The zero-order valence-corrected chi connectivity index (χ0v) is 11.3. The smallest absolute Gasteiger partial charge is 0.309 e. The molecule has 0 spiro atoms. The summed E-state index contributed by atoms with van der Waals surface area (Å²) in [6.07, 6.45) is 2.28. The van der Waals surface area contributed by atoms with Crippen LogP contribution >= 0.6 is 0 Å². The van der Waals surface area contributed by atoms with Crippen molar-refractivity contribution in [3.8, 4) is 0 Å². The van der Waals surface area contributed by atoms with Crippen molar-refractivity contribution < 1.29 is 14.3 Å². The predicted molar refractivity (Wildman–Crippen MR) is 74.0 cm³/mol. The van der Waals surface area contributed by atoms with E-state index < -0.39 is 11.4 Å². The number of hydrogen-bond acceptors (Lipinski definition) is 3. The topological polar surface area (TPSA) is 62.5 Å². The number of carbonyl (C=O) groups is 1. The molecule has 102 valence electrons. The molecular weight excluding hydrogens is 242 g/mol. The minimum atomic E-state index is -0.762. The lowest BCUT2D eigenvalue weighted by Crippen LogP contribution is -2.28. The van der Waals surface area contributed by atoms with Crippen LogP contribution in [0.15, 0.2) is 34.9 Å². The Kier molecular flexibility index (Phi) is 3.90. The van der Waals surface area contributed by atoms with E-state index in [0.29, 0.717) is 19.5 Å². The fraction of sp³-hybridized carbons (Fsp3) is 0.400. The minimum absolute atomic E-state index is 0.594. The summed E-state index contributed by atoms with van der Waals surface area (Å²) in [7, 11) is 0. The first-order valence-electron chi connectivity index (χ1n) is 6.40. The van der Waals surface area contributed by atoms with Crippen LogP contribution in [-0.4, -0.2) is 17.6 Å². The molecule has 1 heterocycles. The molecule has 2 rings (SSSR count). The van der Waals surface area contributed by atoms with Crippen LogP contribution in [0.25, 0.3) is 11.0 Å². The summed E-state index contributed by atoms with van der Waals surface area (Å²) in [5.74, 6) is -0.762. The van der Waals surface area contributed by atoms with E-state index in [2.05, 4.69) is 5.32 Å². The van der Waals surface area contributed by atoms with Gasteiger partial charge in [-0.3, -0.25) is 4.79 Å². The summed E-state index contributed by atoms with van der Waals surface area (Å²) < 4.78 is 5.45. The number of carboxylic acids is 1. The second-order valence-electron chi connectivity index (χ2n) is 5.37. The molecule has 0 saturated carbocycles. The first kappa shape index (κ1) is 13.6. The van der Waals surface area contributed by atoms with Gasteiger partial charge in [0, 0.05) is 17.5 Å². The number of nitrogens with one attached hydrogen (secondary N) is 1. The lowest BCUT2D eigenvalue weighted by atomic mass is 9.90. The Balaban J connectivity index is 1.90. The van der Waals surface area contributed by atoms with Gasteiger partial charge in [0.25, 0.3) is 0 Å². The molecule has 0 fully saturated rings. The molecular formula is C15H19NO3. The van der Waals surface area contributed by atoms with Crippen molar-refractivity contribution in [3.63, 3.8) is 0 Å². The van der Waals surface area contributed by atoms with Gasteiger partial charge in [-0.15, -0.1) is 0 Å². The third kappa shape index (κ3) is 3.15. The highest BCUT2D eigenvalue weighted by Gasteiger charge is 2.26. The summed E-state index contributed by atoms with van der Waals surface area (Å²) >= 11 is 0. The van der Waals surface area contributed by atoms with Gasteiger partial charge in [-0.25, -0.2) is 0 Å². The Morgan fingerprint density at radius 3 is 2.89 bits per heavy atom. The molecule has 0 bridgehead atoms. The molecule has 0 aliphatic carbocycles. The Morgan fingerprint density at radius 1 is 1.37 bits per heavy atom. The van der Waals surface area contributed by atoms with Crippen molar-refractivity contribution in [1.82, 2.24) is 5.32 Å². The van der Waals surface area contributed by atoms with E-state index in [1.54, 1.807) is 20.1 Å². The molecule has 0 unspecified atom stereocenters. The van der Waals surface area contributed by atoms with Crippen LogP contribution in [-0.2, 0) is 11.3 Å². The maximum atomic E-state index is 11.0. The van der Waals surface area contributed by atoms with Gasteiger partial charge in [-0.1, -0.05) is 18.2 Å². The number of rotatable bonds is 6. The van der Waals surface area contributed by atoms with E-state index in [4.69, 9.17) is 9.52 Å². The standard InChI is InChI=1S/C15H19NO3/c1-15(2,14(17)18)7-8-16-10-12-5-3-4-11-6-9-19-13(11)12/h3-6,9,16H,7-8,10H2,1-2H3,(H,17,18). The van der Waals surface area contributed by atoms with Gasteiger partial charge in [-0.05, 0) is 32.9 Å². The van der Waals surface area contributed by atoms with E-state index in [1.807, 2.05) is 24.3 Å². The monoisotopic (exact) mass is 261 g/mol. The van der Waals surface area contributed by atoms with Crippen molar-refractivity contribution in [2.24, 2.45) is 5.41 Å². The van der Waals surface area contributed by atoms with Crippen molar-refractivity contribution in [2.45, 2.75) is 26.8 Å². The Bertz CT molecular complexity index is 572. The molecule has 2 N–H and O–H groups in total. The van der Waals surface area contributed by atoms with Crippen LogP contribution in [0.5, 0.6) is 0 Å². The number of fused-ring (bicyclic) bond motifs is 1. The van der Waals surface area contributed by atoms with E-state index in [-0.39, 0.29) is 0 Å². The normalized spacial score (nSPS) is 11.9. The molecule has 0 amide bonds. The molecule has 0 atom stereocenters. The van der Waals surface area contributed by atoms with Gasteiger partial charge in [0.15, 0.2) is 0 Å². The quantitative estimate of drug-likeness (QED) is 0.785. The molecule has 0 saturated heterocycles. The number of furan rings is 1. The summed E-state index contributed by atoms with van der Waals surface area (Å²) in [5.41, 5.74) is 1.30. The van der Waals surface area contributed by atoms with Crippen LogP contribution in [0.3, 0.4) is 0 Å². The molecule has 1 aromatic heterocycles. The number of para-hydroxylation sites is 1. The molecule has 19 heavy (non-hydrogen) atoms. The summed E-state index contributed by atoms with van der Waals surface area (Å²) in [6, 6.07) is 7.96. The summed E-state index contributed by atoms with van der Waals surface area (Å²) in [6.45, 7) is 4.82. The zero-order chi connectivity index (χ0) is 13.9. The maximum absolute atomic E-state index is 11.0. The second kappa shape index (κ2) is 5.45. The number of carboxylic acid groups (broad SMARTS) is 1. The van der Waals surface area contributed by atoms with Crippen LogP contribution in [0, 0.1) is 5.41 Å². The number of benzene rings is 1. The average Bonchev–Trinajstić information content (AvgIpc) is 2.83. The van der Waals surface area contributed by atoms with E-state index in [1.165, 1.54) is 0 Å². The van der Waals surface area contributed by atoms with Gasteiger partial charge < -0.3 is 14.8 Å². The lowest BCUT2D eigenvalue weighted by molar-refractivity contribution is -0.147. The Morgan fingerprint density at radius 2 is 2.16 bits per heavy atom. The highest BCUT2D eigenvalue weighted by atomic mass is 16.4. The third-order valence-corrected chi connectivity index (χ3v) is 3.38. The summed E-state index contributed by atoms with van der Waals surface area (Å²) in [4.78, 5) is 11.0. The fourth-order valence-corrected chi connectivity index (χ4v) is 1.93. The first-order valence-corrected chi connectivity index (χ1v) is 6.40. The van der Waals surface area contributed by atoms with Gasteiger partial charge in [0.05, 0.1) is 11.7 Å². The van der Waals surface area contributed by atoms with Crippen molar-refractivity contribution in [3.05, 3.63) is 36.1 Å². The van der Waals surface area contributed by atoms with Crippen LogP contribution in [0.4, 0.5) is 0 Å². The van der Waals surface area contributed by atoms with E-state index in [9.17, 15) is 4.79 Å². The van der Waals surface area contributed by atoms with Gasteiger partial charge >= 0.3 is 5.97 Å². The SMILES string of the molecule is CC(C)(CCNCc1cccc2ccoc12)C(=O)O. The largest absolute Gasteiger partial charge is 0.481 e. The molecule has 1 aromatic carbocycles. The molecule has 2 aromatic rings. The van der Waals surface area contributed by atoms with Crippen LogP contribution in [0.2, 0.25) is 0 Å². The highest BCUT2D eigenvalue weighted by molar-refractivity contribution is 5.80. The fourth-order valence-electron chi connectivity index (χ4n) is 1.93. The van der Waals surface area contributed by atoms with Crippen molar-refractivity contribution >= 4 is 16.9 Å². The molecule has 4 nitrogen and oxygen atoms in total. The molecule has 4 heteroatoms. The highest BCUT2D eigenvalue weighted by Crippen LogP contribution is 2.21. The molecule has 0 radical (unpaired) electrons. The second-order valence-corrected chi connectivity index (χ2v) is 5.37. The molecule has 0 aliphatic heterocycles. The van der Waals surface area contributed by atoms with Crippen molar-refractivity contribution in [1.29, 1.82) is 0 Å². The predicted octanol–water partition coefficient (Wildman–Crippen LogP) is 3.02. The Labute approximate surface area is 112 Å². The minimum Gasteiger partial charge on any atom is -0.481 e. The molecule has 0 aliphatic rings. The van der Waals surface area contributed by atoms with Gasteiger partial charge in [0.2, 0.25) is 0 Å². The lowest BCUT2D eigenvalue weighted by Gasteiger charge is -2.18. The Hall–Kier alpha value is -1.81. The maximum Gasteiger partial charge on any atom is 0.309 e. The third-order valence-electron chi connectivity index (χ3n) is 3.38. The zero-order valence-electron chi connectivity index (χ0n) is 11.3.